The molecule has 28 heavy (non-hydrogen) atoms. The Labute approximate surface area is 172 Å². The minimum Gasteiger partial charge on any atom is -0.490 e. The van der Waals surface area contributed by atoms with E-state index in [2.05, 4.69) is 31.4 Å². The molecule has 152 valence electrons. The van der Waals surface area contributed by atoms with E-state index < -0.39 is 0 Å². The molecule has 0 aliphatic rings. The number of anilines is 1. The van der Waals surface area contributed by atoms with Crippen LogP contribution in [0.25, 0.3) is 0 Å². The average Bonchev–Trinajstić information content (AvgIpc) is 2.61. The Morgan fingerprint density at radius 2 is 1.79 bits per heavy atom. The zero-order chi connectivity index (χ0) is 20.7. The van der Waals surface area contributed by atoms with Crippen LogP contribution in [0.5, 0.6) is 11.5 Å². The van der Waals surface area contributed by atoms with Crippen LogP contribution >= 0.6 is 11.6 Å². The van der Waals surface area contributed by atoms with Gasteiger partial charge in [-0.05, 0) is 64.4 Å². The molecule has 5 nitrogen and oxygen atoms in total. The highest BCUT2D eigenvalue weighted by molar-refractivity contribution is 6.32. The number of hydrogen-bond donors (Lipinski definition) is 2. The first-order valence-electron chi connectivity index (χ1n) is 9.37. The summed E-state index contributed by atoms with van der Waals surface area (Å²) < 4.78 is 11.4. The molecular formula is C22H29ClN2O3. The fourth-order valence-corrected chi connectivity index (χ4v) is 2.75. The van der Waals surface area contributed by atoms with E-state index in [-0.39, 0.29) is 18.1 Å². The fourth-order valence-electron chi connectivity index (χ4n) is 2.47. The lowest BCUT2D eigenvalue weighted by molar-refractivity contribution is -0.118. The summed E-state index contributed by atoms with van der Waals surface area (Å²) in [7, 11) is 0. The molecule has 0 radical (unpaired) electrons. The fraction of sp³-hybridized carbons (Fsp3) is 0.409. The Bertz CT molecular complexity index is 799. The molecule has 0 saturated carbocycles. The van der Waals surface area contributed by atoms with Crippen molar-refractivity contribution >= 4 is 23.2 Å². The standard InChI is InChI=1S/C22H29ClN2O3/c1-6-27-19-12-16(13-24-22(3,4)5)11-18(23)21(19)28-14-20(26)25-17-9-7-15(2)8-10-17/h7-12,24H,6,13-14H2,1-5H3,(H,25,26). The van der Waals surface area contributed by atoms with Crippen molar-refractivity contribution in [2.45, 2.75) is 46.7 Å². The lowest BCUT2D eigenvalue weighted by Crippen LogP contribution is -2.35. The number of rotatable bonds is 8. The van der Waals surface area contributed by atoms with Gasteiger partial charge in [-0.25, -0.2) is 0 Å². The minimum absolute atomic E-state index is 0.0124. The molecule has 0 bridgehead atoms. The molecule has 0 aromatic heterocycles. The maximum absolute atomic E-state index is 12.2. The van der Waals surface area contributed by atoms with Crippen LogP contribution in [-0.2, 0) is 11.3 Å². The number of halogens is 1. The predicted octanol–water partition coefficient (Wildman–Crippen LogP) is 4.95. The van der Waals surface area contributed by atoms with Crippen LogP contribution in [0.2, 0.25) is 5.02 Å². The van der Waals surface area contributed by atoms with Crippen molar-refractivity contribution in [1.29, 1.82) is 0 Å². The van der Waals surface area contributed by atoms with Gasteiger partial charge in [-0.3, -0.25) is 4.79 Å². The molecule has 0 aliphatic heterocycles. The van der Waals surface area contributed by atoms with Crippen LogP contribution in [0.4, 0.5) is 5.69 Å². The quantitative estimate of drug-likeness (QED) is 0.653. The molecule has 2 aromatic carbocycles. The van der Waals surface area contributed by atoms with E-state index >= 15 is 0 Å². The zero-order valence-corrected chi connectivity index (χ0v) is 17.9. The Balaban J connectivity index is 2.06. The summed E-state index contributed by atoms with van der Waals surface area (Å²) in [4.78, 5) is 12.2. The smallest absolute Gasteiger partial charge is 0.262 e. The summed E-state index contributed by atoms with van der Waals surface area (Å²) in [5.41, 5.74) is 2.82. The molecule has 0 atom stereocenters. The van der Waals surface area contributed by atoms with Gasteiger partial charge < -0.3 is 20.1 Å². The van der Waals surface area contributed by atoms with Crippen molar-refractivity contribution in [3.05, 3.63) is 52.5 Å². The van der Waals surface area contributed by atoms with E-state index in [0.29, 0.717) is 29.7 Å². The second-order valence-electron chi connectivity index (χ2n) is 7.64. The van der Waals surface area contributed by atoms with Crippen molar-refractivity contribution in [2.24, 2.45) is 0 Å². The van der Waals surface area contributed by atoms with Gasteiger partial charge in [-0.2, -0.15) is 0 Å². The SMILES string of the molecule is CCOc1cc(CNC(C)(C)C)cc(Cl)c1OCC(=O)Nc1ccc(C)cc1. The molecule has 2 N–H and O–H groups in total. The summed E-state index contributed by atoms with van der Waals surface area (Å²) >= 11 is 6.42. The summed E-state index contributed by atoms with van der Waals surface area (Å²) in [5, 5.41) is 6.63. The molecule has 0 saturated heterocycles. The normalized spacial score (nSPS) is 11.2. The van der Waals surface area contributed by atoms with E-state index in [1.807, 2.05) is 50.2 Å². The van der Waals surface area contributed by atoms with E-state index in [1.165, 1.54) is 0 Å². The Morgan fingerprint density at radius 3 is 2.39 bits per heavy atom. The molecule has 0 heterocycles. The number of amides is 1. The predicted molar refractivity (Wildman–Crippen MR) is 115 cm³/mol. The van der Waals surface area contributed by atoms with Crippen molar-refractivity contribution < 1.29 is 14.3 Å². The topological polar surface area (TPSA) is 59.6 Å². The number of ether oxygens (including phenoxy) is 2. The molecule has 6 heteroatoms. The third kappa shape index (κ3) is 7.06. The highest BCUT2D eigenvalue weighted by Crippen LogP contribution is 2.36. The Hall–Kier alpha value is -2.24. The van der Waals surface area contributed by atoms with Crippen LogP contribution in [0.3, 0.4) is 0 Å². The second kappa shape index (κ2) is 9.80. The van der Waals surface area contributed by atoms with Crippen LogP contribution in [0, 0.1) is 6.92 Å². The van der Waals surface area contributed by atoms with Crippen molar-refractivity contribution in [2.75, 3.05) is 18.5 Å². The van der Waals surface area contributed by atoms with Crippen LogP contribution in [0.15, 0.2) is 36.4 Å². The van der Waals surface area contributed by atoms with Gasteiger partial charge in [-0.15, -0.1) is 0 Å². The highest BCUT2D eigenvalue weighted by Gasteiger charge is 2.16. The number of aryl methyl sites for hydroxylation is 1. The largest absolute Gasteiger partial charge is 0.490 e. The lowest BCUT2D eigenvalue weighted by Gasteiger charge is -2.21. The summed E-state index contributed by atoms with van der Waals surface area (Å²) in [6.45, 7) is 11.1. The average molecular weight is 405 g/mol. The second-order valence-corrected chi connectivity index (χ2v) is 8.05. The van der Waals surface area contributed by atoms with E-state index in [0.717, 1.165) is 16.8 Å². The third-order valence-corrected chi connectivity index (χ3v) is 4.16. The van der Waals surface area contributed by atoms with Gasteiger partial charge in [-0.1, -0.05) is 29.3 Å². The first kappa shape index (κ1) is 22.1. The van der Waals surface area contributed by atoms with Gasteiger partial charge in [0.2, 0.25) is 0 Å². The molecule has 2 aromatic rings. The van der Waals surface area contributed by atoms with E-state index in [1.54, 1.807) is 0 Å². The number of benzene rings is 2. The Kier molecular flexibility index (Phi) is 7.72. The monoisotopic (exact) mass is 404 g/mol. The molecular weight excluding hydrogens is 376 g/mol. The molecule has 2 rings (SSSR count). The first-order valence-corrected chi connectivity index (χ1v) is 9.75. The number of hydrogen-bond acceptors (Lipinski definition) is 4. The maximum Gasteiger partial charge on any atom is 0.262 e. The minimum atomic E-state index is -0.263. The molecule has 0 unspecified atom stereocenters. The number of carbonyl (C=O) groups is 1. The lowest BCUT2D eigenvalue weighted by atomic mass is 10.1. The summed E-state index contributed by atoms with van der Waals surface area (Å²) in [6, 6.07) is 11.3. The van der Waals surface area contributed by atoms with E-state index in [4.69, 9.17) is 21.1 Å². The van der Waals surface area contributed by atoms with Gasteiger partial charge in [0.1, 0.15) is 0 Å². The van der Waals surface area contributed by atoms with Gasteiger partial charge in [0.15, 0.2) is 18.1 Å². The first-order chi connectivity index (χ1) is 13.2. The zero-order valence-electron chi connectivity index (χ0n) is 17.2. The van der Waals surface area contributed by atoms with Gasteiger partial charge >= 0.3 is 0 Å². The summed E-state index contributed by atoms with van der Waals surface area (Å²) in [5.74, 6) is 0.645. The van der Waals surface area contributed by atoms with Crippen molar-refractivity contribution in [1.82, 2.24) is 5.32 Å². The van der Waals surface area contributed by atoms with Crippen molar-refractivity contribution in [3.63, 3.8) is 0 Å². The van der Waals surface area contributed by atoms with Gasteiger partial charge in [0.25, 0.3) is 5.91 Å². The molecule has 0 aliphatic carbocycles. The number of carbonyl (C=O) groups excluding carboxylic acids is 1. The van der Waals surface area contributed by atoms with Crippen LogP contribution in [-0.4, -0.2) is 24.7 Å². The molecule has 0 spiro atoms. The Morgan fingerprint density at radius 1 is 1.11 bits per heavy atom. The van der Waals surface area contributed by atoms with Crippen LogP contribution in [0.1, 0.15) is 38.8 Å². The molecule has 0 fully saturated rings. The maximum atomic E-state index is 12.2. The van der Waals surface area contributed by atoms with Crippen LogP contribution < -0.4 is 20.1 Å². The van der Waals surface area contributed by atoms with Crippen molar-refractivity contribution in [3.8, 4) is 11.5 Å². The number of nitrogens with one attached hydrogen (secondary N) is 2. The molecule has 1 amide bonds. The van der Waals surface area contributed by atoms with Gasteiger partial charge in [0.05, 0.1) is 11.6 Å². The third-order valence-electron chi connectivity index (χ3n) is 3.87. The van der Waals surface area contributed by atoms with E-state index in [9.17, 15) is 4.79 Å². The highest BCUT2D eigenvalue weighted by atomic mass is 35.5. The van der Waals surface area contributed by atoms with Gasteiger partial charge in [0, 0.05) is 17.8 Å². The summed E-state index contributed by atoms with van der Waals surface area (Å²) in [6.07, 6.45) is 0.